The molecule has 2 aromatic rings. The highest BCUT2D eigenvalue weighted by Gasteiger charge is 2.27. The highest BCUT2D eigenvalue weighted by Crippen LogP contribution is 2.30. The fourth-order valence-corrected chi connectivity index (χ4v) is 4.08. The van der Waals surface area contributed by atoms with Gasteiger partial charge in [-0.2, -0.15) is 0 Å². The first-order valence-corrected chi connectivity index (χ1v) is 9.50. The summed E-state index contributed by atoms with van der Waals surface area (Å²) in [5.74, 6) is 0. The number of anilines is 1. The van der Waals surface area contributed by atoms with Gasteiger partial charge in [-0.05, 0) is 68.1 Å². The minimum Gasteiger partial charge on any atom is -0.371 e. The fourth-order valence-electron chi connectivity index (χ4n) is 2.91. The second-order valence-corrected chi connectivity index (χ2v) is 8.76. The van der Waals surface area contributed by atoms with E-state index in [1.54, 1.807) is 12.1 Å². The average Bonchev–Trinajstić information content (AvgIpc) is 2.49. The Labute approximate surface area is 143 Å². The standard InChI is InChI=1S/C19H23NO3S/c1-13-5-6-14(2)18(9-13)20-24(21,22)17-8-7-15-12-23-19(3,4)11-16(15)10-17/h5-10,20H,11-12H2,1-4H3. The Balaban J connectivity index is 1.94. The number of sulfonamides is 1. The molecule has 128 valence electrons. The first-order chi connectivity index (χ1) is 11.2. The lowest BCUT2D eigenvalue weighted by molar-refractivity contribution is -0.0401. The molecule has 0 fully saturated rings. The molecular formula is C19H23NO3S. The van der Waals surface area contributed by atoms with Crippen LogP contribution in [0.15, 0.2) is 41.3 Å². The van der Waals surface area contributed by atoms with E-state index < -0.39 is 10.0 Å². The third kappa shape index (κ3) is 3.47. The Morgan fingerprint density at radius 2 is 1.79 bits per heavy atom. The summed E-state index contributed by atoms with van der Waals surface area (Å²) in [7, 11) is -3.61. The van der Waals surface area contributed by atoms with Gasteiger partial charge in [0.15, 0.2) is 0 Å². The first kappa shape index (κ1) is 17.0. The van der Waals surface area contributed by atoms with Crippen molar-refractivity contribution >= 4 is 15.7 Å². The number of hydrogen-bond donors (Lipinski definition) is 1. The summed E-state index contributed by atoms with van der Waals surface area (Å²) in [6.45, 7) is 8.40. The molecule has 3 rings (SSSR count). The zero-order valence-corrected chi connectivity index (χ0v) is 15.3. The number of benzene rings is 2. The normalized spacial score (nSPS) is 16.5. The lowest BCUT2D eigenvalue weighted by Gasteiger charge is -2.32. The number of nitrogens with one attached hydrogen (secondary N) is 1. The van der Waals surface area contributed by atoms with Crippen molar-refractivity contribution in [1.29, 1.82) is 0 Å². The Kier molecular flexibility index (Phi) is 4.18. The van der Waals surface area contributed by atoms with Crippen molar-refractivity contribution in [2.24, 2.45) is 0 Å². The van der Waals surface area contributed by atoms with Gasteiger partial charge in [-0.3, -0.25) is 4.72 Å². The average molecular weight is 345 g/mol. The molecule has 0 amide bonds. The molecule has 2 aromatic carbocycles. The van der Waals surface area contributed by atoms with Crippen molar-refractivity contribution in [2.45, 2.75) is 51.2 Å². The molecule has 1 aliphatic heterocycles. The van der Waals surface area contributed by atoms with Crippen molar-refractivity contribution in [1.82, 2.24) is 0 Å². The number of ether oxygens (including phenoxy) is 1. The Morgan fingerprint density at radius 3 is 2.54 bits per heavy atom. The molecule has 0 saturated heterocycles. The summed E-state index contributed by atoms with van der Waals surface area (Å²) in [4.78, 5) is 0.292. The van der Waals surface area contributed by atoms with E-state index in [2.05, 4.69) is 4.72 Å². The second kappa shape index (κ2) is 5.90. The Morgan fingerprint density at radius 1 is 1.04 bits per heavy atom. The van der Waals surface area contributed by atoms with Crippen molar-refractivity contribution in [3.05, 3.63) is 58.7 Å². The number of aryl methyl sites for hydroxylation is 2. The lowest BCUT2D eigenvalue weighted by Crippen LogP contribution is -2.32. The summed E-state index contributed by atoms with van der Waals surface area (Å²) in [6, 6.07) is 11.0. The van der Waals surface area contributed by atoms with Crippen LogP contribution in [0.25, 0.3) is 0 Å². The van der Waals surface area contributed by atoms with Crippen molar-refractivity contribution < 1.29 is 13.2 Å². The fraction of sp³-hybridized carbons (Fsp3) is 0.368. The van der Waals surface area contributed by atoms with Gasteiger partial charge in [-0.25, -0.2) is 8.42 Å². The molecular weight excluding hydrogens is 322 g/mol. The molecule has 1 heterocycles. The van der Waals surface area contributed by atoms with Gasteiger partial charge in [-0.1, -0.05) is 18.2 Å². The molecule has 0 aromatic heterocycles. The van der Waals surface area contributed by atoms with E-state index in [0.717, 1.165) is 22.3 Å². The van der Waals surface area contributed by atoms with Crippen LogP contribution in [0.5, 0.6) is 0 Å². The van der Waals surface area contributed by atoms with E-state index in [4.69, 9.17) is 4.74 Å². The quantitative estimate of drug-likeness (QED) is 0.916. The molecule has 0 aliphatic carbocycles. The Bertz CT molecular complexity index is 885. The maximum atomic E-state index is 12.8. The van der Waals surface area contributed by atoms with Gasteiger partial charge in [-0.15, -0.1) is 0 Å². The molecule has 0 atom stereocenters. The molecule has 0 unspecified atom stereocenters. The van der Waals surface area contributed by atoms with Crippen molar-refractivity contribution in [2.75, 3.05) is 4.72 Å². The van der Waals surface area contributed by atoms with Crippen LogP contribution in [0.1, 0.15) is 36.1 Å². The predicted molar refractivity (Wildman–Crippen MR) is 95.7 cm³/mol. The molecule has 0 bridgehead atoms. The number of rotatable bonds is 3. The Hall–Kier alpha value is -1.85. The van der Waals surface area contributed by atoms with E-state index >= 15 is 0 Å². The largest absolute Gasteiger partial charge is 0.371 e. The first-order valence-electron chi connectivity index (χ1n) is 8.02. The topological polar surface area (TPSA) is 55.4 Å². The molecule has 0 spiro atoms. The lowest BCUT2D eigenvalue weighted by atomic mass is 9.92. The van der Waals surface area contributed by atoms with E-state index in [9.17, 15) is 8.42 Å². The monoisotopic (exact) mass is 345 g/mol. The van der Waals surface area contributed by atoms with Crippen LogP contribution in [0.2, 0.25) is 0 Å². The minimum atomic E-state index is -3.61. The SMILES string of the molecule is Cc1ccc(C)c(NS(=O)(=O)c2ccc3c(c2)CC(C)(C)OC3)c1. The highest BCUT2D eigenvalue weighted by atomic mass is 32.2. The third-order valence-corrected chi connectivity index (χ3v) is 5.72. The summed E-state index contributed by atoms with van der Waals surface area (Å²) >= 11 is 0. The zero-order valence-electron chi connectivity index (χ0n) is 14.5. The van der Waals surface area contributed by atoms with Crippen LogP contribution in [-0.4, -0.2) is 14.0 Å². The highest BCUT2D eigenvalue weighted by molar-refractivity contribution is 7.92. The zero-order chi connectivity index (χ0) is 17.5. The molecule has 24 heavy (non-hydrogen) atoms. The van der Waals surface area contributed by atoms with Gasteiger partial charge in [0, 0.05) is 6.42 Å². The molecule has 1 N–H and O–H groups in total. The summed E-state index contributed by atoms with van der Waals surface area (Å²) in [6.07, 6.45) is 0.704. The molecule has 4 nitrogen and oxygen atoms in total. The van der Waals surface area contributed by atoms with E-state index in [1.807, 2.05) is 52.0 Å². The van der Waals surface area contributed by atoms with Crippen LogP contribution in [-0.2, 0) is 27.8 Å². The number of fused-ring (bicyclic) bond motifs is 1. The van der Waals surface area contributed by atoms with Crippen molar-refractivity contribution in [3.63, 3.8) is 0 Å². The molecule has 0 radical (unpaired) electrons. The van der Waals surface area contributed by atoms with Gasteiger partial charge in [0.05, 0.1) is 22.8 Å². The number of hydrogen-bond acceptors (Lipinski definition) is 3. The van der Waals surface area contributed by atoms with E-state index in [1.165, 1.54) is 0 Å². The van der Waals surface area contributed by atoms with E-state index in [-0.39, 0.29) is 5.60 Å². The van der Waals surface area contributed by atoms with Gasteiger partial charge in [0.2, 0.25) is 0 Å². The second-order valence-electron chi connectivity index (χ2n) is 7.08. The van der Waals surface area contributed by atoms with Crippen LogP contribution in [0, 0.1) is 13.8 Å². The van der Waals surface area contributed by atoms with E-state index in [0.29, 0.717) is 23.6 Å². The smallest absolute Gasteiger partial charge is 0.261 e. The van der Waals surface area contributed by atoms with Crippen LogP contribution >= 0.6 is 0 Å². The van der Waals surface area contributed by atoms with Crippen LogP contribution < -0.4 is 4.72 Å². The maximum Gasteiger partial charge on any atom is 0.261 e. The molecule has 1 aliphatic rings. The summed E-state index contributed by atoms with van der Waals surface area (Å²) in [5, 5.41) is 0. The van der Waals surface area contributed by atoms with Gasteiger partial charge in [0.25, 0.3) is 10.0 Å². The third-order valence-electron chi connectivity index (χ3n) is 4.36. The summed E-state index contributed by atoms with van der Waals surface area (Å²) < 4.78 is 34.0. The minimum absolute atomic E-state index is 0.268. The summed E-state index contributed by atoms with van der Waals surface area (Å²) in [5.41, 5.74) is 4.36. The van der Waals surface area contributed by atoms with Crippen molar-refractivity contribution in [3.8, 4) is 0 Å². The van der Waals surface area contributed by atoms with Gasteiger partial charge >= 0.3 is 0 Å². The van der Waals surface area contributed by atoms with Crippen LogP contribution in [0.4, 0.5) is 5.69 Å². The van der Waals surface area contributed by atoms with Gasteiger partial charge in [0.1, 0.15) is 0 Å². The molecule has 0 saturated carbocycles. The van der Waals surface area contributed by atoms with Gasteiger partial charge < -0.3 is 4.74 Å². The maximum absolute atomic E-state index is 12.8. The van der Waals surface area contributed by atoms with Crippen LogP contribution in [0.3, 0.4) is 0 Å². The molecule has 5 heteroatoms. The predicted octanol–water partition coefficient (Wildman–Crippen LogP) is 3.96.